The molecule has 0 spiro atoms. The van der Waals surface area contributed by atoms with Crippen LogP contribution in [0.1, 0.15) is 86.5 Å². The zero-order valence-electron chi connectivity index (χ0n) is 33.5. The van der Waals surface area contributed by atoms with Crippen LogP contribution in [0, 0.1) is 23.2 Å². The zero-order valence-corrected chi connectivity index (χ0v) is 35.1. The number of thiazole rings is 1. The average molecular weight is 825 g/mol. The van der Waals surface area contributed by atoms with E-state index in [9.17, 15) is 24.3 Å². The predicted molar refractivity (Wildman–Crippen MR) is 217 cm³/mol. The minimum absolute atomic E-state index is 0.0217. The number of ether oxygens (including phenoxy) is 3. The maximum atomic E-state index is 14.7. The third kappa shape index (κ3) is 8.19. The van der Waals surface area contributed by atoms with Crippen molar-refractivity contribution in [3.05, 3.63) is 28.6 Å². The van der Waals surface area contributed by atoms with Crippen molar-refractivity contribution in [1.82, 2.24) is 25.5 Å². The van der Waals surface area contributed by atoms with Crippen molar-refractivity contribution in [2.75, 3.05) is 19.0 Å². The summed E-state index contributed by atoms with van der Waals surface area (Å²) < 4.78 is 18.1. The molecule has 1 saturated heterocycles. The van der Waals surface area contributed by atoms with Gasteiger partial charge in [-0.3, -0.25) is 9.59 Å². The van der Waals surface area contributed by atoms with Crippen molar-refractivity contribution in [2.24, 2.45) is 23.2 Å². The average Bonchev–Trinajstić information content (AvgIpc) is 3.67. The molecule has 4 aliphatic rings. The molecule has 3 saturated carbocycles. The van der Waals surface area contributed by atoms with Gasteiger partial charge in [0.1, 0.15) is 52.0 Å². The molecular formula is C41H53ClN6O8S. The van der Waals surface area contributed by atoms with Crippen LogP contribution in [-0.4, -0.2) is 93.4 Å². The highest BCUT2D eigenvalue weighted by atomic mass is 35.5. The van der Waals surface area contributed by atoms with Gasteiger partial charge < -0.3 is 40.2 Å². The van der Waals surface area contributed by atoms with Gasteiger partial charge in [-0.25, -0.2) is 19.6 Å². The first-order valence-electron chi connectivity index (χ1n) is 19.9. The van der Waals surface area contributed by atoms with Crippen LogP contribution in [0.15, 0.2) is 23.6 Å². The Morgan fingerprint density at radius 3 is 2.47 bits per heavy atom. The molecule has 5 unspecified atom stereocenters. The first kappa shape index (κ1) is 40.8. The van der Waals surface area contributed by atoms with E-state index in [-0.39, 0.29) is 36.1 Å². The Balaban J connectivity index is 1.20. The van der Waals surface area contributed by atoms with Gasteiger partial charge in [0, 0.05) is 29.3 Å². The highest BCUT2D eigenvalue weighted by Crippen LogP contribution is 2.47. The van der Waals surface area contributed by atoms with Gasteiger partial charge in [0.2, 0.25) is 11.8 Å². The van der Waals surface area contributed by atoms with Gasteiger partial charge in [0.05, 0.1) is 24.9 Å². The van der Waals surface area contributed by atoms with Crippen molar-refractivity contribution in [2.45, 2.75) is 122 Å². The molecule has 3 aliphatic carbocycles. The summed E-state index contributed by atoms with van der Waals surface area (Å²) in [6, 6.07) is 3.28. The number of rotatable bonds is 13. The van der Waals surface area contributed by atoms with Gasteiger partial charge in [0.25, 0.3) is 0 Å². The highest BCUT2D eigenvalue weighted by Gasteiger charge is 2.61. The number of carbonyl (C=O) groups excluding carboxylic acids is 3. The van der Waals surface area contributed by atoms with Crippen molar-refractivity contribution in [3.8, 4) is 22.9 Å². The molecule has 308 valence electrons. The van der Waals surface area contributed by atoms with Crippen LogP contribution in [0.4, 0.5) is 9.93 Å². The Labute approximate surface area is 341 Å². The number of fused-ring (bicyclic) bond motifs is 3. The lowest BCUT2D eigenvalue weighted by Crippen LogP contribution is -2.59. The highest BCUT2D eigenvalue weighted by molar-refractivity contribution is 7.14. The van der Waals surface area contributed by atoms with Crippen molar-refractivity contribution in [3.63, 3.8) is 0 Å². The molecule has 3 aromatic rings. The number of halogens is 1. The minimum Gasteiger partial charge on any atom is -0.495 e. The predicted octanol–water partition coefficient (Wildman–Crippen LogP) is 6.89. The molecule has 1 aromatic carbocycles. The summed E-state index contributed by atoms with van der Waals surface area (Å²) in [6.07, 6.45) is 3.41. The van der Waals surface area contributed by atoms with Crippen molar-refractivity contribution in [1.29, 1.82) is 0 Å². The van der Waals surface area contributed by atoms with Crippen LogP contribution in [0.2, 0.25) is 5.02 Å². The number of methoxy groups -OCH3 is 1. The molecule has 57 heavy (non-hydrogen) atoms. The van der Waals surface area contributed by atoms with Crippen LogP contribution < -0.4 is 25.4 Å². The molecule has 14 nitrogen and oxygen atoms in total. The number of likely N-dealkylation sites (tertiary alicyclic amines) is 1. The topological polar surface area (TPSA) is 181 Å². The molecule has 1 aliphatic heterocycles. The Kier molecular flexibility index (Phi) is 11.3. The number of carbonyl (C=O) groups is 4. The van der Waals surface area contributed by atoms with Gasteiger partial charge in [-0.15, -0.1) is 11.3 Å². The normalized spacial score (nSPS) is 27.0. The second-order valence-corrected chi connectivity index (χ2v) is 18.7. The molecule has 7 rings (SSSR count). The van der Waals surface area contributed by atoms with Crippen LogP contribution in [0.3, 0.4) is 0 Å². The lowest BCUT2D eigenvalue weighted by Gasteiger charge is -2.35. The van der Waals surface area contributed by atoms with E-state index in [1.54, 1.807) is 18.2 Å². The Morgan fingerprint density at radius 1 is 1.09 bits per heavy atom. The summed E-state index contributed by atoms with van der Waals surface area (Å²) in [4.78, 5) is 65.8. The maximum Gasteiger partial charge on any atom is 0.408 e. The van der Waals surface area contributed by atoms with Gasteiger partial charge in [0.15, 0.2) is 5.13 Å². The lowest BCUT2D eigenvalue weighted by molar-refractivity contribution is -0.146. The number of amides is 3. The number of pyridine rings is 1. The third-order valence-electron chi connectivity index (χ3n) is 12.0. The van der Waals surface area contributed by atoms with E-state index < -0.39 is 53.0 Å². The number of hydrogen-bond donors (Lipinski definition) is 4. The summed E-state index contributed by atoms with van der Waals surface area (Å²) in [5.74, 6) is -0.703. The summed E-state index contributed by atoms with van der Waals surface area (Å²) in [7, 11) is 1.52. The Morgan fingerprint density at radius 2 is 1.86 bits per heavy atom. The number of anilines is 1. The number of nitrogens with one attached hydrogen (secondary N) is 3. The molecule has 4 N–H and O–H groups in total. The molecule has 3 amide bonds. The molecule has 8 atom stereocenters. The second-order valence-electron chi connectivity index (χ2n) is 17.4. The molecule has 3 heterocycles. The summed E-state index contributed by atoms with van der Waals surface area (Å²) >= 11 is 8.27. The fraction of sp³-hybridized carbons (Fsp3) is 0.610. The third-order valence-corrected chi connectivity index (χ3v) is 13.2. The quantitative estimate of drug-likeness (QED) is 0.141. The molecule has 2 aromatic heterocycles. The first-order chi connectivity index (χ1) is 27.0. The fourth-order valence-corrected chi connectivity index (χ4v) is 10.0. The number of aliphatic carboxylic acids is 1. The number of nitrogens with zero attached hydrogens (tertiary/aromatic N) is 3. The summed E-state index contributed by atoms with van der Waals surface area (Å²) in [6.45, 7) is 11.4. The van der Waals surface area contributed by atoms with E-state index in [0.717, 1.165) is 30.8 Å². The second kappa shape index (κ2) is 15.8. The number of aromatic nitrogens is 2. The summed E-state index contributed by atoms with van der Waals surface area (Å²) in [5.41, 5.74) is -0.674. The van der Waals surface area contributed by atoms with Crippen LogP contribution in [0.25, 0.3) is 22.3 Å². The maximum absolute atomic E-state index is 14.7. The van der Waals surface area contributed by atoms with Crippen LogP contribution in [-0.2, 0) is 19.1 Å². The monoisotopic (exact) mass is 824 g/mol. The van der Waals surface area contributed by atoms with Crippen LogP contribution in [0.5, 0.6) is 11.5 Å². The molecule has 0 radical (unpaired) electrons. The zero-order chi connectivity index (χ0) is 41.0. The van der Waals surface area contributed by atoms with Crippen molar-refractivity contribution < 1.29 is 38.5 Å². The molecule has 16 heteroatoms. The van der Waals surface area contributed by atoms with E-state index >= 15 is 0 Å². The minimum atomic E-state index is -1.41. The molecule has 2 bridgehead atoms. The number of alkyl carbamates (subject to hydrolysis) is 1. The van der Waals surface area contributed by atoms with Gasteiger partial charge in [-0.2, -0.15) is 0 Å². The number of benzene rings is 1. The summed E-state index contributed by atoms with van der Waals surface area (Å²) in [5, 5.41) is 22.6. The SMILES string of the molecule is CCC1C[C@]1(NC(=O)[C@@H]1C[C@@H](Oc2cc(-c3csc(NC(C)C)n3)nc3c(Cl)c(OC)ccc23)CN1C(=O)C(NC(=O)OC1CC2CCC1C2)C(C)(C)C)C(=O)O. The smallest absolute Gasteiger partial charge is 0.408 e. The van der Waals surface area contributed by atoms with E-state index in [0.29, 0.717) is 58.5 Å². The number of carboxylic acids is 1. The first-order valence-corrected chi connectivity index (χ1v) is 21.2. The lowest BCUT2D eigenvalue weighted by atomic mass is 9.85. The van der Waals surface area contributed by atoms with E-state index in [2.05, 4.69) is 16.0 Å². The van der Waals surface area contributed by atoms with Gasteiger partial charge in [-0.1, -0.05) is 45.7 Å². The van der Waals surface area contributed by atoms with E-state index in [4.69, 9.17) is 35.8 Å². The molecular weight excluding hydrogens is 772 g/mol. The van der Waals surface area contributed by atoms with Crippen molar-refractivity contribution >= 4 is 62.8 Å². The number of carboxylic acid groups (broad SMARTS) is 1. The van der Waals surface area contributed by atoms with E-state index in [1.165, 1.54) is 23.3 Å². The molecule has 4 fully saturated rings. The van der Waals surface area contributed by atoms with Gasteiger partial charge in [-0.05, 0) is 81.3 Å². The Hall–Kier alpha value is -4.37. The van der Waals surface area contributed by atoms with Gasteiger partial charge >= 0.3 is 12.1 Å². The largest absolute Gasteiger partial charge is 0.495 e. The van der Waals surface area contributed by atoms with E-state index in [1.807, 2.05) is 46.9 Å². The standard InChI is InChI=1S/C41H53ClN6O8S/c1-8-23-17-41(23,37(51)52)47-35(49)28-15-24(18-48(28)36(50)34(40(4,5)6)46-39(53)56-30-14-21-9-10-22(30)13-21)55-31-16-26(27-19-57-38(45-27)43-20(2)3)44-33-25(31)11-12-29(54-7)32(33)42/h11-12,16,19-24,28,30,34H,8-10,13-15,17-18H2,1-7H3,(H,43,45)(H,46,53)(H,47,49)(H,51,52)/t21?,22?,23?,24-,28+,30?,34?,41-/m1/s1. The number of hydrogen-bond acceptors (Lipinski definition) is 11. The Bertz CT molecular complexity index is 2050. The fourth-order valence-electron chi connectivity index (χ4n) is 8.88. The van der Waals surface area contributed by atoms with Crippen LogP contribution >= 0.6 is 22.9 Å².